The van der Waals surface area contributed by atoms with Gasteiger partial charge in [-0.05, 0) is 49.2 Å². The molecule has 0 saturated heterocycles. The number of hydrogen-bond donors (Lipinski definition) is 0. The maximum absolute atomic E-state index is 14.5. The van der Waals surface area contributed by atoms with Crippen LogP contribution in [0, 0.1) is 11.6 Å². The number of halogens is 2. The lowest BCUT2D eigenvalue weighted by Gasteiger charge is -2.15. The van der Waals surface area contributed by atoms with Crippen molar-refractivity contribution in [1.82, 2.24) is 14.0 Å². The third-order valence-corrected chi connectivity index (χ3v) is 6.14. The van der Waals surface area contributed by atoms with Crippen LogP contribution in [0.3, 0.4) is 0 Å². The fourth-order valence-electron chi connectivity index (χ4n) is 4.31. The van der Waals surface area contributed by atoms with Gasteiger partial charge in [0.15, 0.2) is 5.49 Å². The quantitative estimate of drug-likeness (QED) is 0.245. The van der Waals surface area contributed by atoms with Gasteiger partial charge in [0.05, 0.1) is 12.0 Å². The molecule has 196 valence electrons. The SMILES string of the molecule is CCOC(=O)c1cc2c(=O)n3ccccc3nc2n(CCc2ccccc2)c1=NC(=O)c1c(F)cccc1F. The van der Waals surface area contributed by atoms with Gasteiger partial charge < -0.3 is 9.30 Å². The van der Waals surface area contributed by atoms with Crippen molar-refractivity contribution in [2.45, 2.75) is 19.9 Å². The summed E-state index contributed by atoms with van der Waals surface area (Å²) in [5.41, 5.74) is -0.356. The molecule has 0 aliphatic rings. The summed E-state index contributed by atoms with van der Waals surface area (Å²) in [4.78, 5) is 48.3. The van der Waals surface area contributed by atoms with E-state index in [-0.39, 0.29) is 35.2 Å². The molecule has 0 spiro atoms. The van der Waals surface area contributed by atoms with E-state index in [0.717, 1.165) is 23.8 Å². The molecule has 0 aliphatic carbocycles. The number of fused-ring (bicyclic) bond motifs is 2. The molecule has 5 rings (SSSR count). The van der Waals surface area contributed by atoms with E-state index in [1.807, 2.05) is 30.3 Å². The standard InChI is InChI=1S/C29H22F2N4O4/c1-2-39-29(38)20-17-19-25(32-23-13-6-7-15-34(23)28(19)37)35(16-14-18-9-4-3-5-10-18)26(20)33-27(36)24-21(30)11-8-12-22(24)31/h3-13,15,17H,2,14,16H2,1H3. The fraction of sp³-hybridized carbons (Fsp3) is 0.138. The second-order valence-electron chi connectivity index (χ2n) is 8.59. The number of hydrogen-bond acceptors (Lipinski definition) is 5. The van der Waals surface area contributed by atoms with Crippen molar-refractivity contribution in [3.05, 3.63) is 123 Å². The van der Waals surface area contributed by atoms with Crippen molar-refractivity contribution in [2.75, 3.05) is 6.61 Å². The Hall–Kier alpha value is -4.99. The third-order valence-electron chi connectivity index (χ3n) is 6.14. The monoisotopic (exact) mass is 528 g/mol. The summed E-state index contributed by atoms with van der Waals surface area (Å²) in [6.07, 6.45) is 1.96. The average molecular weight is 529 g/mol. The van der Waals surface area contributed by atoms with Gasteiger partial charge in [-0.3, -0.25) is 14.0 Å². The number of amides is 1. The maximum atomic E-state index is 14.5. The highest BCUT2D eigenvalue weighted by atomic mass is 19.1. The summed E-state index contributed by atoms with van der Waals surface area (Å²) in [6, 6.07) is 18.7. The molecule has 8 nitrogen and oxygen atoms in total. The predicted molar refractivity (Wildman–Crippen MR) is 139 cm³/mol. The molecular weight excluding hydrogens is 506 g/mol. The number of pyridine rings is 2. The van der Waals surface area contributed by atoms with Crippen LogP contribution in [-0.4, -0.2) is 32.4 Å². The number of nitrogens with zero attached hydrogens (tertiary/aromatic N) is 4. The molecule has 5 aromatic rings. The third kappa shape index (κ3) is 4.96. The molecular formula is C29H22F2N4O4. The summed E-state index contributed by atoms with van der Waals surface area (Å²) in [5, 5.41) is 0.0817. The molecule has 0 bridgehead atoms. The Morgan fingerprint density at radius 2 is 1.69 bits per heavy atom. The molecule has 0 N–H and O–H groups in total. The predicted octanol–water partition coefficient (Wildman–Crippen LogP) is 4.09. The molecule has 2 aromatic carbocycles. The average Bonchev–Trinajstić information content (AvgIpc) is 2.93. The molecule has 0 radical (unpaired) electrons. The van der Waals surface area contributed by atoms with Crippen LogP contribution >= 0.6 is 0 Å². The van der Waals surface area contributed by atoms with Crippen molar-refractivity contribution < 1.29 is 23.1 Å². The van der Waals surface area contributed by atoms with E-state index in [1.54, 1.807) is 31.3 Å². The second-order valence-corrected chi connectivity index (χ2v) is 8.59. The zero-order chi connectivity index (χ0) is 27.5. The molecule has 39 heavy (non-hydrogen) atoms. The smallest absolute Gasteiger partial charge is 0.341 e. The van der Waals surface area contributed by atoms with E-state index in [9.17, 15) is 23.2 Å². The maximum Gasteiger partial charge on any atom is 0.341 e. The first-order valence-electron chi connectivity index (χ1n) is 12.2. The Kier molecular flexibility index (Phi) is 7.09. The van der Waals surface area contributed by atoms with Crippen LogP contribution in [0.15, 0.2) is 88.8 Å². The molecule has 0 saturated carbocycles. The first-order valence-corrected chi connectivity index (χ1v) is 12.2. The Labute approximate surface area is 220 Å². The highest BCUT2D eigenvalue weighted by Crippen LogP contribution is 2.15. The van der Waals surface area contributed by atoms with E-state index >= 15 is 0 Å². The minimum absolute atomic E-state index is 0.00513. The Balaban J connectivity index is 1.86. The van der Waals surface area contributed by atoms with Gasteiger partial charge >= 0.3 is 5.97 Å². The summed E-state index contributed by atoms with van der Waals surface area (Å²) in [6.45, 7) is 1.74. The second kappa shape index (κ2) is 10.8. The number of aromatic nitrogens is 3. The minimum Gasteiger partial charge on any atom is -0.462 e. The minimum atomic E-state index is -1.23. The molecule has 10 heteroatoms. The first-order chi connectivity index (χ1) is 18.9. The van der Waals surface area contributed by atoms with Gasteiger partial charge in [0.25, 0.3) is 11.5 Å². The summed E-state index contributed by atoms with van der Waals surface area (Å²) in [7, 11) is 0. The first kappa shape index (κ1) is 25.7. The van der Waals surface area contributed by atoms with E-state index < -0.39 is 34.6 Å². The normalized spacial score (nSPS) is 11.7. The van der Waals surface area contributed by atoms with Gasteiger partial charge in [0.2, 0.25) is 0 Å². The summed E-state index contributed by atoms with van der Waals surface area (Å²) >= 11 is 0. The lowest BCUT2D eigenvalue weighted by atomic mass is 10.1. The van der Waals surface area contributed by atoms with Gasteiger partial charge in [-0.1, -0.05) is 42.5 Å². The van der Waals surface area contributed by atoms with Crippen LogP contribution in [0.25, 0.3) is 16.7 Å². The van der Waals surface area contributed by atoms with Gasteiger partial charge in [-0.15, -0.1) is 0 Å². The number of ether oxygens (including phenoxy) is 1. The molecule has 3 aromatic heterocycles. The van der Waals surface area contributed by atoms with Crippen LogP contribution in [0.2, 0.25) is 0 Å². The van der Waals surface area contributed by atoms with Crippen molar-refractivity contribution >= 4 is 28.6 Å². The highest BCUT2D eigenvalue weighted by Gasteiger charge is 2.22. The number of carbonyl (C=O) groups excluding carboxylic acids is 2. The van der Waals surface area contributed by atoms with Crippen molar-refractivity contribution in [3.8, 4) is 0 Å². The van der Waals surface area contributed by atoms with Crippen molar-refractivity contribution in [2.24, 2.45) is 4.99 Å². The Bertz CT molecular complexity index is 1840. The Morgan fingerprint density at radius 1 is 0.974 bits per heavy atom. The number of aryl methyl sites for hydroxylation is 2. The van der Waals surface area contributed by atoms with Gasteiger partial charge in [0.1, 0.15) is 34.1 Å². The van der Waals surface area contributed by atoms with Crippen molar-refractivity contribution in [3.63, 3.8) is 0 Å². The molecule has 0 aliphatic heterocycles. The van der Waals surface area contributed by atoms with Crippen LogP contribution in [0.1, 0.15) is 33.2 Å². The summed E-state index contributed by atoms with van der Waals surface area (Å²) < 4.78 is 36.9. The van der Waals surface area contributed by atoms with Crippen LogP contribution < -0.4 is 11.0 Å². The molecule has 0 unspecified atom stereocenters. The zero-order valence-electron chi connectivity index (χ0n) is 20.8. The van der Waals surface area contributed by atoms with E-state index in [2.05, 4.69) is 9.98 Å². The largest absolute Gasteiger partial charge is 0.462 e. The van der Waals surface area contributed by atoms with E-state index in [0.29, 0.717) is 12.1 Å². The van der Waals surface area contributed by atoms with Crippen LogP contribution in [-0.2, 0) is 17.7 Å². The number of carbonyl (C=O) groups is 2. The van der Waals surface area contributed by atoms with Gasteiger partial charge in [0, 0.05) is 12.7 Å². The van der Waals surface area contributed by atoms with E-state index in [1.165, 1.54) is 15.0 Å². The van der Waals surface area contributed by atoms with E-state index in [4.69, 9.17) is 4.74 Å². The van der Waals surface area contributed by atoms with Crippen molar-refractivity contribution in [1.29, 1.82) is 0 Å². The number of rotatable bonds is 6. The summed E-state index contributed by atoms with van der Waals surface area (Å²) in [5.74, 6) is -4.28. The lowest BCUT2D eigenvalue weighted by Crippen LogP contribution is -2.33. The fourth-order valence-corrected chi connectivity index (χ4v) is 4.31. The molecule has 0 fully saturated rings. The van der Waals surface area contributed by atoms with Crippen LogP contribution in [0.5, 0.6) is 0 Å². The van der Waals surface area contributed by atoms with Gasteiger partial charge in [-0.2, -0.15) is 4.99 Å². The topological polar surface area (TPSA) is 95.0 Å². The Morgan fingerprint density at radius 3 is 2.41 bits per heavy atom. The molecule has 1 amide bonds. The van der Waals surface area contributed by atoms with Gasteiger partial charge in [-0.25, -0.2) is 18.6 Å². The zero-order valence-corrected chi connectivity index (χ0v) is 20.8. The molecule has 0 atom stereocenters. The van der Waals surface area contributed by atoms with Crippen LogP contribution in [0.4, 0.5) is 8.78 Å². The molecule has 3 heterocycles. The number of esters is 1. The highest BCUT2D eigenvalue weighted by molar-refractivity contribution is 5.97. The lowest BCUT2D eigenvalue weighted by molar-refractivity contribution is 0.0523. The number of benzene rings is 2.